The molecular formula is C51H36N4S. The number of para-hydroxylation sites is 3. The molecule has 6 aromatic carbocycles. The van der Waals surface area contributed by atoms with Crippen molar-refractivity contribution >= 4 is 60.5 Å². The summed E-state index contributed by atoms with van der Waals surface area (Å²) in [7, 11) is 0. The van der Waals surface area contributed by atoms with Crippen LogP contribution in [0.4, 0.5) is 0 Å². The molecule has 5 heteroatoms. The molecule has 2 aliphatic carbocycles. The third-order valence-corrected chi connectivity index (χ3v) is 12.6. The first kappa shape index (κ1) is 32.7. The van der Waals surface area contributed by atoms with Gasteiger partial charge in [0.2, 0.25) is 0 Å². The minimum absolute atomic E-state index is 0.190. The highest BCUT2D eigenvalue weighted by atomic mass is 32.1. The number of hydrogen-bond acceptors (Lipinski definition) is 4. The van der Waals surface area contributed by atoms with Crippen molar-refractivity contribution in [3.63, 3.8) is 0 Å². The Morgan fingerprint density at radius 2 is 1.18 bits per heavy atom. The van der Waals surface area contributed by atoms with E-state index in [1.165, 1.54) is 64.7 Å². The third kappa shape index (κ3) is 5.54. The molecule has 0 radical (unpaired) electrons. The minimum Gasteiger partial charge on any atom is -0.309 e. The first-order valence-corrected chi connectivity index (χ1v) is 20.2. The summed E-state index contributed by atoms with van der Waals surface area (Å²) in [6.07, 6.45) is 11.7. The van der Waals surface area contributed by atoms with Crippen LogP contribution in [0.1, 0.15) is 52.6 Å². The number of allylic oxidation sites excluding steroid dienone is 5. The summed E-state index contributed by atoms with van der Waals surface area (Å²) >= 11 is 1.93. The molecule has 1 unspecified atom stereocenters. The van der Waals surface area contributed by atoms with E-state index in [0.717, 1.165) is 41.8 Å². The van der Waals surface area contributed by atoms with E-state index in [4.69, 9.17) is 15.0 Å². The van der Waals surface area contributed by atoms with Crippen LogP contribution in [0.15, 0.2) is 170 Å². The second-order valence-electron chi connectivity index (χ2n) is 14.6. The van der Waals surface area contributed by atoms with Crippen LogP contribution in [-0.4, -0.2) is 19.5 Å². The van der Waals surface area contributed by atoms with Crippen LogP contribution in [0.3, 0.4) is 0 Å². The number of thiophene rings is 1. The summed E-state index contributed by atoms with van der Waals surface area (Å²) in [5, 5.41) is 3.86. The minimum atomic E-state index is 0.190. The molecule has 4 nitrogen and oxygen atoms in total. The normalized spacial score (nSPS) is 15.2. The van der Waals surface area contributed by atoms with Crippen LogP contribution < -0.4 is 0 Å². The Bertz CT molecular complexity index is 3000. The molecule has 3 aromatic heterocycles. The molecule has 3 heterocycles. The predicted molar refractivity (Wildman–Crippen MR) is 234 cm³/mol. The molecule has 266 valence electrons. The summed E-state index contributed by atoms with van der Waals surface area (Å²) in [6.45, 7) is 0. The van der Waals surface area contributed by atoms with Crippen molar-refractivity contribution in [3.8, 4) is 28.5 Å². The summed E-state index contributed by atoms with van der Waals surface area (Å²) in [5.74, 6) is 2.34. The van der Waals surface area contributed by atoms with Crippen LogP contribution >= 0.6 is 11.3 Å². The van der Waals surface area contributed by atoms with Crippen molar-refractivity contribution in [2.24, 2.45) is 0 Å². The van der Waals surface area contributed by atoms with Crippen molar-refractivity contribution in [3.05, 3.63) is 197 Å². The number of aromatic nitrogens is 4. The Morgan fingerprint density at radius 3 is 1.91 bits per heavy atom. The average molecular weight is 737 g/mol. The molecule has 56 heavy (non-hydrogen) atoms. The molecule has 0 spiro atoms. The van der Waals surface area contributed by atoms with Crippen LogP contribution in [0.25, 0.3) is 77.6 Å². The maximum Gasteiger partial charge on any atom is 0.164 e. The van der Waals surface area contributed by atoms with Gasteiger partial charge < -0.3 is 4.57 Å². The lowest BCUT2D eigenvalue weighted by atomic mass is 9.80. The van der Waals surface area contributed by atoms with Crippen LogP contribution in [0.5, 0.6) is 0 Å². The van der Waals surface area contributed by atoms with E-state index < -0.39 is 0 Å². The van der Waals surface area contributed by atoms with E-state index in [1.54, 1.807) is 0 Å². The number of benzene rings is 6. The highest BCUT2D eigenvalue weighted by Crippen LogP contribution is 2.49. The molecule has 11 rings (SSSR count). The van der Waals surface area contributed by atoms with E-state index in [9.17, 15) is 0 Å². The quantitative estimate of drug-likeness (QED) is 0.171. The van der Waals surface area contributed by atoms with Gasteiger partial charge in [-0.25, -0.2) is 15.0 Å². The van der Waals surface area contributed by atoms with Gasteiger partial charge >= 0.3 is 0 Å². The third-order valence-electron chi connectivity index (χ3n) is 11.3. The van der Waals surface area contributed by atoms with E-state index in [0.29, 0.717) is 11.6 Å². The molecule has 0 saturated carbocycles. The van der Waals surface area contributed by atoms with Crippen molar-refractivity contribution < 1.29 is 0 Å². The van der Waals surface area contributed by atoms with Gasteiger partial charge in [0.1, 0.15) is 0 Å². The van der Waals surface area contributed by atoms with Gasteiger partial charge in [0.15, 0.2) is 17.5 Å². The zero-order valence-electron chi connectivity index (χ0n) is 30.6. The maximum absolute atomic E-state index is 5.05. The van der Waals surface area contributed by atoms with Crippen molar-refractivity contribution in [2.45, 2.75) is 25.2 Å². The fourth-order valence-electron chi connectivity index (χ4n) is 8.64. The smallest absolute Gasteiger partial charge is 0.164 e. The predicted octanol–water partition coefficient (Wildman–Crippen LogP) is 13.3. The molecule has 0 amide bonds. The zero-order valence-corrected chi connectivity index (χ0v) is 31.5. The fraction of sp³-hybridized carbons (Fsp3) is 0.0784. The fourth-order valence-corrected chi connectivity index (χ4v) is 9.95. The topological polar surface area (TPSA) is 43.6 Å². The van der Waals surface area contributed by atoms with Gasteiger partial charge in [0.25, 0.3) is 0 Å². The van der Waals surface area contributed by atoms with Gasteiger partial charge in [0.05, 0.1) is 16.7 Å². The first-order chi connectivity index (χ1) is 27.8. The lowest BCUT2D eigenvalue weighted by Crippen LogP contribution is -2.08. The Hall–Kier alpha value is -6.69. The van der Waals surface area contributed by atoms with E-state index in [1.807, 2.05) is 29.5 Å². The van der Waals surface area contributed by atoms with E-state index in [2.05, 4.69) is 162 Å². The Kier molecular flexibility index (Phi) is 7.92. The second-order valence-corrected chi connectivity index (χ2v) is 15.7. The molecule has 9 aromatic rings. The Labute approximate surface area is 329 Å². The maximum atomic E-state index is 5.05. The summed E-state index contributed by atoms with van der Waals surface area (Å²) in [6, 6.07) is 54.6. The average Bonchev–Trinajstić information content (AvgIpc) is 3.82. The van der Waals surface area contributed by atoms with E-state index in [-0.39, 0.29) is 5.92 Å². The number of fused-ring (bicyclic) bond motifs is 6. The molecular weight excluding hydrogens is 701 g/mol. The molecule has 0 aliphatic heterocycles. The Balaban J connectivity index is 1.03. The molecule has 0 N–H and O–H groups in total. The molecule has 0 fully saturated rings. The largest absolute Gasteiger partial charge is 0.309 e. The van der Waals surface area contributed by atoms with Gasteiger partial charge in [0, 0.05) is 43.0 Å². The van der Waals surface area contributed by atoms with Gasteiger partial charge in [-0.15, -0.1) is 11.3 Å². The summed E-state index contributed by atoms with van der Waals surface area (Å²) < 4.78 is 3.78. The Morgan fingerprint density at radius 1 is 0.554 bits per heavy atom. The van der Waals surface area contributed by atoms with Gasteiger partial charge in [-0.2, -0.15) is 0 Å². The SMILES string of the molecule is C1=CCCC(c2nc(-c3ccccc3)nc(-c3ccc(C4CC(c5ccccc5-n5c6ccccc6c6ccccc65)=Cc5c4sc4ccccc54)cc3)n2)=C1. The highest BCUT2D eigenvalue weighted by molar-refractivity contribution is 7.19. The summed E-state index contributed by atoms with van der Waals surface area (Å²) in [4.78, 5) is 16.5. The molecule has 1 atom stereocenters. The van der Waals surface area contributed by atoms with Crippen molar-refractivity contribution in [1.82, 2.24) is 19.5 Å². The van der Waals surface area contributed by atoms with Crippen molar-refractivity contribution in [2.75, 3.05) is 0 Å². The second kappa shape index (κ2) is 13.6. The van der Waals surface area contributed by atoms with Crippen LogP contribution in [-0.2, 0) is 0 Å². The number of hydrogen-bond donors (Lipinski definition) is 0. The van der Waals surface area contributed by atoms with Crippen LogP contribution in [0, 0.1) is 0 Å². The zero-order chi connectivity index (χ0) is 37.0. The lowest BCUT2D eigenvalue weighted by Gasteiger charge is -2.26. The van der Waals surface area contributed by atoms with Crippen LogP contribution in [0.2, 0.25) is 0 Å². The number of rotatable bonds is 6. The molecule has 2 aliphatic rings. The van der Waals surface area contributed by atoms with Gasteiger partial charge in [-0.05, 0) is 77.3 Å². The molecule has 0 bridgehead atoms. The monoisotopic (exact) mass is 736 g/mol. The van der Waals surface area contributed by atoms with E-state index >= 15 is 0 Å². The highest BCUT2D eigenvalue weighted by Gasteiger charge is 2.29. The first-order valence-electron chi connectivity index (χ1n) is 19.3. The molecule has 0 saturated heterocycles. The van der Waals surface area contributed by atoms with Gasteiger partial charge in [-0.1, -0.05) is 146 Å². The van der Waals surface area contributed by atoms with Gasteiger partial charge in [-0.3, -0.25) is 0 Å². The number of nitrogens with zero attached hydrogens (tertiary/aromatic N) is 4. The van der Waals surface area contributed by atoms with Crippen molar-refractivity contribution in [1.29, 1.82) is 0 Å². The summed E-state index contributed by atoms with van der Waals surface area (Å²) in [5.41, 5.74) is 12.0. The lowest BCUT2D eigenvalue weighted by molar-refractivity contribution is 0.852. The standard InChI is InChI=1S/C51H36N4S/c1-3-15-34(16-4-1)49-52-50(35-17-5-2-6-18-35)54-51(53-49)36-29-27-33(28-30-36)42-31-37(32-43-41-22-10-14-26-47(41)56-48(42)43)38-19-7-11-23-44(38)55-45-24-12-8-20-39(45)40-21-9-13-25-46(40)55/h1-5,7-17,19-30,32,42H,6,18,31H2.